The number of aromatic nitrogens is 2. The smallest absolute Gasteiger partial charge is 0.186 e. The van der Waals surface area contributed by atoms with Gasteiger partial charge < -0.3 is 10.1 Å². The monoisotopic (exact) mass is 279 g/mol. The fourth-order valence-corrected chi connectivity index (χ4v) is 1.78. The number of anilines is 1. The van der Waals surface area contributed by atoms with Crippen molar-refractivity contribution in [3.8, 4) is 17.1 Å². The van der Waals surface area contributed by atoms with Crippen molar-refractivity contribution in [1.29, 1.82) is 0 Å². The van der Waals surface area contributed by atoms with Gasteiger partial charge in [0, 0.05) is 12.1 Å². The summed E-state index contributed by atoms with van der Waals surface area (Å²) in [6.45, 7) is 3.91. The zero-order valence-corrected chi connectivity index (χ0v) is 11.5. The van der Waals surface area contributed by atoms with E-state index in [-0.39, 0.29) is 23.1 Å². The Hall–Kier alpha value is -2.24. The Morgan fingerprint density at radius 1 is 1.25 bits per heavy atom. The Kier molecular flexibility index (Phi) is 4.12. The molecule has 106 valence electrons. The van der Waals surface area contributed by atoms with Gasteiger partial charge in [-0.05, 0) is 32.0 Å². The Bertz CT molecular complexity index is 632. The van der Waals surface area contributed by atoms with E-state index in [1.165, 1.54) is 19.2 Å². The zero-order valence-electron chi connectivity index (χ0n) is 11.5. The molecule has 1 aromatic carbocycles. The lowest BCUT2D eigenvalue weighted by atomic mass is 10.2. The molecule has 0 unspecified atom stereocenters. The van der Waals surface area contributed by atoms with Gasteiger partial charge >= 0.3 is 0 Å². The van der Waals surface area contributed by atoms with Gasteiger partial charge in [-0.2, -0.15) is 0 Å². The highest BCUT2D eigenvalue weighted by molar-refractivity contribution is 5.59. The average Bonchev–Trinajstić information content (AvgIpc) is 2.43. The molecule has 1 heterocycles. The molecule has 0 fully saturated rings. The van der Waals surface area contributed by atoms with Gasteiger partial charge in [0.25, 0.3) is 0 Å². The molecule has 0 amide bonds. The number of hydrogen-bond acceptors (Lipinski definition) is 4. The fourth-order valence-electron chi connectivity index (χ4n) is 1.78. The molecule has 1 aromatic heterocycles. The summed E-state index contributed by atoms with van der Waals surface area (Å²) in [6, 6.07) is 4.38. The largest absolute Gasteiger partial charge is 0.494 e. The van der Waals surface area contributed by atoms with Crippen molar-refractivity contribution in [2.24, 2.45) is 0 Å². The molecule has 0 aliphatic carbocycles. The minimum Gasteiger partial charge on any atom is -0.494 e. The lowest BCUT2D eigenvalue weighted by molar-refractivity contribution is 0.386. The summed E-state index contributed by atoms with van der Waals surface area (Å²) >= 11 is 0. The second-order valence-corrected chi connectivity index (χ2v) is 4.17. The van der Waals surface area contributed by atoms with Crippen LogP contribution in [0.2, 0.25) is 0 Å². The normalized spacial score (nSPS) is 10.4. The van der Waals surface area contributed by atoms with Crippen LogP contribution < -0.4 is 10.1 Å². The molecule has 1 N–H and O–H groups in total. The van der Waals surface area contributed by atoms with E-state index in [1.807, 2.05) is 6.92 Å². The first-order valence-electron chi connectivity index (χ1n) is 6.18. The first-order valence-corrected chi connectivity index (χ1v) is 6.18. The zero-order chi connectivity index (χ0) is 14.7. The Balaban J connectivity index is 2.49. The number of aryl methyl sites for hydroxylation is 1. The summed E-state index contributed by atoms with van der Waals surface area (Å²) in [6.07, 6.45) is 0. The molecule has 6 heteroatoms. The number of ether oxygens (including phenoxy) is 1. The van der Waals surface area contributed by atoms with Crippen LogP contribution in [-0.4, -0.2) is 23.6 Å². The Labute approximate surface area is 115 Å². The van der Waals surface area contributed by atoms with Gasteiger partial charge in [-0.25, -0.2) is 18.7 Å². The number of benzene rings is 1. The predicted molar refractivity (Wildman–Crippen MR) is 72.8 cm³/mol. The lowest BCUT2D eigenvalue weighted by Gasteiger charge is -2.09. The Morgan fingerprint density at radius 2 is 2.00 bits per heavy atom. The van der Waals surface area contributed by atoms with Crippen LogP contribution >= 0.6 is 0 Å². The number of hydrogen-bond donors (Lipinski definition) is 1. The van der Waals surface area contributed by atoms with Crippen molar-refractivity contribution in [1.82, 2.24) is 9.97 Å². The van der Waals surface area contributed by atoms with Gasteiger partial charge in [0.1, 0.15) is 0 Å². The van der Waals surface area contributed by atoms with Crippen molar-refractivity contribution in [3.63, 3.8) is 0 Å². The van der Waals surface area contributed by atoms with Gasteiger partial charge in [-0.15, -0.1) is 0 Å². The summed E-state index contributed by atoms with van der Waals surface area (Å²) < 4.78 is 32.3. The molecule has 0 saturated heterocycles. The Morgan fingerprint density at radius 3 is 2.60 bits per heavy atom. The van der Waals surface area contributed by atoms with Gasteiger partial charge in [0.05, 0.1) is 12.8 Å². The van der Waals surface area contributed by atoms with Crippen molar-refractivity contribution >= 4 is 5.82 Å². The van der Waals surface area contributed by atoms with Crippen molar-refractivity contribution in [2.45, 2.75) is 13.8 Å². The first-order chi connectivity index (χ1) is 9.56. The molecule has 0 saturated carbocycles. The minimum atomic E-state index is -0.513. The summed E-state index contributed by atoms with van der Waals surface area (Å²) in [4.78, 5) is 8.13. The molecule has 20 heavy (non-hydrogen) atoms. The third kappa shape index (κ3) is 2.68. The van der Waals surface area contributed by atoms with E-state index in [0.717, 1.165) is 0 Å². The second-order valence-electron chi connectivity index (χ2n) is 4.17. The minimum absolute atomic E-state index is 0.117. The highest BCUT2D eigenvalue weighted by Crippen LogP contribution is 2.25. The molecule has 2 aromatic rings. The maximum atomic E-state index is 13.8. The van der Waals surface area contributed by atoms with Crippen LogP contribution in [0.15, 0.2) is 18.2 Å². The van der Waals surface area contributed by atoms with Crippen LogP contribution in [0.5, 0.6) is 5.75 Å². The van der Waals surface area contributed by atoms with Crippen LogP contribution in [0, 0.1) is 18.6 Å². The fraction of sp³-hybridized carbons (Fsp3) is 0.286. The van der Waals surface area contributed by atoms with E-state index in [0.29, 0.717) is 12.1 Å². The van der Waals surface area contributed by atoms with Crippen LogP contribution in [0.1, 0.15) is 12.6 Å². The maximum Gasteiger partial charge on any atom is 0.186 e. The number of rotatable bonds is 4. The van der Waals surface area contributed by atoms with Crippen LogP contribution in [0.4, 0.5) is 14.6 Å². The highest BCUT2D eigenvalue weighted by atomic mass is 19.1. The van der Waals surface area contributed by atoms with Crippen LogP contribution in [0.3, 0.4) is 0 Å². The molecule has 0 bridgehead atoms. The summed E-state index contributed by atoms with van der Waals surface area (Å²) in [5, 5.41) is 2.82. The topological polar surface area (TPSA) is 47.0 Å². The quantitative estimate of drug-likeness (QED) is 0.933. The van der Waals surface area contributed by atoms with E-state index in [4.69, 9.17) is 4.74 Å². The van der Waals surface area contributed by atoms with Crippen LogP contribution in [-0.2, 0) is 0 Å². The summed E-state index contributed by atoms with van der Waals surface area (Å²) in [5.74, 6) is -0.489. The molecule has 0 atom stereocenters. The van der Waals surface area contributed by atoms with E-state index in [1.54, 1.807) is 13.0 Å². The van der Waals surface area contributed by atoms with Gasteiger partial charge in [-0.1, -0.05) is 0 Å². The maximum absolute atomic E-state index is 13.8. The van der Waals surface area contributed by atoms with Gasteiger partial charge in [0.15, 0.2) is 29.0 Å². The molecular formula is C14H15F2N3O. The molecule has 0 aliphatic heterocycles. The van der Waals surface area contributed by atoms with Crippen molar-refractivity contribution < 1.29 is 13.5 Å². The van der Waals surface area contributed by atoms with Crippen molar-refractivity contribution in [2.75, 3.05) is 19.0 Å². The molecule has 2 rings (SSSR count). The molecular weight excluding hydrogens is 264 g/mol. The SMILES string of the molecule is CCNc1nc(-c2ccc(OC)c(F)c2)nc(C)c1F. The number of nitrogens with zero attached hydrogens (tertiary/aromatic N) is 2. The molecule has 4 nitrogen and oxygen atoms in total. The van der Waals surface area contributed by atoms with E-state index < -0.39 is 11.6 Å². The van der Waals surface area contributed by atoms with E-state index in [9.17, 15) is 8.78 Å². The summed E-state index contributed by atoms with van der Waals surface area (Å²) in [7, 11) is 1.39. The van der Waals surface area contributed by atoms with Crippen molar-refractivity contribution in [3.05, 3.63) is 35.5 Å². The molecule has 0 radical (unpaired) electrons. The molecule has 0 spiro atoms. The van der Waals surface area contributed by atoms with E-state index >= 15 is 0 Å². The average molecular weight is 279 g/mol. The number of nitrogens with one attached hydrogen (secondary N) is 1. The van der Waals surface area contributed by atoms with E-state index in [2.05, 4.69) is 15.3 Å². The second kappa shape index (κ2) is 5.81. The standard InChI is InChI=1S/C14H15F2N3O/c1-4-17-14-12(16)8(2)18-13(19-14)9-5-6-11(20-3)10(15)7-9/h5-7H,4H2,1-3H3,(H,17,18,19). The molecule has 0 aliphatic rings. The third-order valence-corrected chi connectivity index (χ3v) is 2.77. The predicted octanol–water partition coefficient (Wildman–Crippen LogP) is 3.17. The lowest BCUT2D eigenvalue weighted by Crippen LogP contribution is -2.07. The summed E-state index contributed by atoms with van der Waals surface area (Å²) in [5.41, 5.74) is 0.674. The highest BCUT2D eigenvalue weighted by Gasteiger charge is 2.13. The number of halogens is 2. The first kappa shape index (κ1) is 14.2. The number of methoxy groups -OCH3 is 1. The third-order valence-electron chi connectivity index (χ3n) is 2.77. The van der Waals surface area contributed by atoms with Crippen LogP contribution in [0.25, 0.3) is 11.4 Å². The van der Waals surface area contributed by atoms with Gasteiger partial charge in [0.2, 0.25) is 0 Å². The van der Waals surface area contributed by atoms with Gasteiger partial charge in [-0.3, -0.25) is 0 Å².